The summed E-state index contributed by atoms with van der Waals surface area (Å²) in [4.78, 5) is 0. The van der Waals surface area contributed by atoms with Crippen LogP contribution in [0.4, 0.5) is 0 Å². The first-order valence-corrected chi connectivity index (χ1v) is 6.06. The Kier molecular flexibility index (Phi) is 2.90. The van der Waals surface area contributed by atoms with Crippen molar-refractivity contribution in [3.63, 3.8) is 0 Å². The molecule has 1 aliphatic heterocycles. The standard InChI is InChI=1S/C15H15NO2/c16-8-7-11-3-1-2-4-13(11)12-5-6-14-15(9-12)18-10-17-14/h1-6,9H,7-8,10,16H2. The largest absolute Gasteiger partial charge is 0.454 e. The highest BCUT2D eigenvalue weighted by Gasteiger charge is 2.14. The van der Waals surface area contributed by atoms with Crippen molar-refractivity contribution < 1.29 is 9.47 Å². The van der Waals surface area contributed by atoms with Gasteiger partial charge in [0.1, 0.15) is 0 Å². The van der Waals surface area contributed by atoms with Crippen molar-refractivity contribution in [3.05, 3.63) is 48.0 Å². The molecule has 2 N–H and O–H groups in total. The van der Waals surface area contributed by atoms with E-state index in [1.54, 1.807) is 0 Å². The van der Waals surface area contributed by atoms with Gasteiger partial charge in [0.25, 0.3) is 0 Å². The van der Waals surface area contributed by atoms with E-state index in [2.05, 4.69) is 18.2 Å². The molecular weight excluding hydrogens is 226 g/mol. The van der Waals surface area contributed by atoms with Crippen LogP contribution in [0.3, 0.4) is 0 Å². The van der Waals surface area contributed by atoms with E-state index in [9.17, 15) is 0 Å². The molecule has 0 aromatic heterocycles. The Morgan fingerprint density at radius 2 is 1.83 bits per heavy atom. The molecule has 0 saturated carbocycles. The minimum Gasteiger partial charge on any atom is -0.454 e. The van der Waals surface area contributed by atoms with E-state index in [4.69, 9.17) is 15.2 Å². The molecule has 1 heterocycles. The number of benzene rings is 2. The maximum Gasteiger partial charge on any atom is 0.231 e. The predicted octanol–water partition coefficient (Wildman–Crippen LogP) is 2.58. The molecule has 0 atom stereocenters. The van der Waals surface area contributed by atoms with Gasteiger partial charge in [0.15, 0.2) is 11.5 Å². The summed E-state index contributed by atoms with van der Waals surface area (Å²) in [7, 11) is 0. The molecule has 18 heavy (non-hydrogen) atoms. The number of hydrogen-bond donors (Lipinski definition) is 1. The average molecular weight is 241 g/mol. The van der Waals surface area contributed by atoms with Crippen molar-refractivity contribution in [2.24, 2.45) is 5.73 Å². The minimum atomic E-state index is 0.309. The van der Waals surface area contributed by atoms with Crippen LogP contribution >= 0.6 is 0 Å². The second kappa shape index (κ2) is 4.70. The molecule has 0 aliphatic carbocycles. The Morgan fingerprint density at radius 1 is 1.00 bits per heavy atom. The molecule has 0 amide bonds. The van der Waals surface area contributed by atoms with Crippen LogP contribution in [0, 0.1) is 0 Å². The van der Waals surface area contributed by atoms with E-state index in [1.807, 2.05) is 24.3 Å². The van der Waals surface area contributed by atoms with Crippen molar-refractivity contribution in [3.8, 4) is 22.6 Å². The van der Waals surface area contributed by atoms with E-state index < -0.39 is 0 Å². The maximum absolute atomic E-state index is 5.65. The Bertz CT molecular complexity index is 566. The predicted molar refractivity (Wildman–Crippen MR) is 70.8 cm³/mol. The number of fused-ring (bicyclic) bond motifs is 1. The molecule has 3 nitrogen and oxygen atoms in total. The van der Waals surface area contributed by atoms with Crippen LogP contribution in [-0.4, -0.2) is 13.3 Å². The van der Waals surface area contributed by atoms with Crippen molar-refractivity contribution in [2.75, 3.05) is 13.3 Å². The van der Waals surface area contributed by atoms with Crippen molar-refractivity contribution in [1.82, 2.24) is 0 Å². The minimum absolute atomic E-state index is 0.309. The average Bonchev–Trinajstić information content (AvgIpc) is 2.87. The first kappa shape index (κ1) is 11.1. The third-order valence-corrected chi connectivity index (χ3v) is 3.11. The lowest BCUT2D eigenvalue weighted by Gasteiger charge is -2.09. The normalized spacial score (nSPS) is 12.7. The molecule has 0 unspecified atom stereocenters. The molecule has 3 rings (SSSR count). The van der Waals surface area contributed by atoms with Gasteiger partial charge in [0.2, 0.25) is 6.79 Å². The van der Waals surface area contributed by atoms with Gasteiger partial charge in [0.05, 0.1) is 0 Å². The summed E-state index contributed by atoms with van der Waals surface area (Å²) in [6.07, 6.45) is 0.880. The van der Waals surface area contributed by atoms with Crippen LogP contribution in [0.5, 0.6) is 11.5 Å². The van der Waals surface area contributed by atoms with Crippen molar-refractivity contribution in [1.29, 1.82) is 0 Å². The van der Waals surface area contributed by atoms with E-state index in [0.29, 0.717) is 13.3 Å². The molecule has 3 heteroatoms. The fourth-order valence-corrected chi connectivity index (χ4v) is 2.24. The molecule has 2 aromatic rings. The second-order valence-electron chi connectivity index (χ2n) is 4.26. The highest BCUT2D eigenvalue weighted by molar-refractivity contribution is 5.70. The topological polar surface area (TPSA) is 44.5 Å². The molecule has 0 bridgehead atoms. The first-order valence-electron chi connectivity index (χ1n) is 6.06. The van der Waals surface area contributed by atoms with Gasteiger partial charge in [-0.1, -0.05) is 30.3 Å². The Labute approximate surface area is 106 Å². The smallest absolute Gasteiger partial charge is 0.231 e. The molecule has 1 aliphatic rings. The van der Waals surface area contributed by atoms with Crippen LogP contribution in [0.2, 0.25) is 0 Å². The van der Waals surface area contributed by atoms with Gasteiger partial charge in [0, 0.05) is 0 Å². The molecule has 92 valence electrons. The van der Waals surface area contributed by atoms with Gasteiger partial charge in [-0.25, -0.2) is 0 Å². The fraction of sp³-hybridized carbons (Fsp3) is 0.200. The van der Waals surface area contributed by atoms with Gasteiger partial charge in [-0.2, -0.15) is 0 Å². The zero-order chi connectivity index (χ0) is 12.4. The molecule has 0 fully saturated rings. The van der Waals surface area contributed by atoms with E-state index in [-0.39, 0.29) is 0 Å². The van der Waals surface area contributed by atoms with Crippen molar-refractivity contribution in [2.45, 2.75) is 6.42 Å². The van der Waals surface area contributed by atoms with Crippen LogP contribution in [-0.2, 0) is 6.42 Å². The van der Waals surface area contributed by atoms with Crippen LogP contribution < -0.4 is 15.2 Å². The van der Waals surface area contributed by atoms with Crippen molar-refractivity contribution >= 4 is 0 Å². The summed E-state index contributed by atoms with van der Waals surface area (Å²) in [6, 6.07) is 14.4. The van der Waals surface area contributed by atoms with Crippen LogP contribution in [0.15, 0.2) is 42.5 Å². The van der Waals surface area contributed by atoms with E-state index in [1.165, 1.54) is 11.1 Å². The SMILES string of the molecule is NCCc1ccccc1-c1ccc2c(c1)OCO2. The zero-order valence-corrected chi connectivity index (χ0v) is 10.1. The van der Waals surface area contributed by atoms with Crippen LogP contribution in [0.1, 0.15) is 5.56 Å². The molecule has 0 saturated heterocycles. The number of nitrogens with two attached hydrogens (primary N) is 1. The molecule has 0 radical (unpaired) electrons. The highest BCUT2D eigenvalue weighted by atomic mass is 16.7. The molecule has 2 aromatic carbocycles. The van der Waals surface area contributed by atoms with Crippen LogP contribution in [0.25, 0.3) is 11.1 Å². The summed E-state index contributed by atoms with van der Waals surface area (Å²) < 4.78 is 10.7. The lowest BCUT2D eigenvalue weighted by atomic mass is 9.97. The summed E-state index contributed by atoms with van der Waals surface area (Å²) in [5.74, 6) is 1.63. The zero-order valence-electron chi connectivity index (χ0n) is 10.1. The van der Waals surface area contributed by atoms with E-state index in [0.717, 1.165) is 23.5 Å². The third kappa shape index (κ3) is 1.93. The molecular formula is C15H15NO2. The van der Waals surface area contributed by atoms with E-state index >= 15 is 0 Å². The van der Waals surface area contributed by atoms with Gasteiger partial charge in [-0.15, -0.1) is 0 Å². The fourth-order valence-electron chi connectivity index (χ4n) is 2.24. The number of ether oxygens (including phenoxy) is 2. The van der Waals surface area contributed by atoms with Gasteiger partial charge in [-0.3, -0.25) is 0 Å². The van der Waals surface area contributed by atoms with Gasteiger partial charge in [-0.05, 0) is 41.8 Å². The second-order valence-corrected chi connectivity index (χ2v) is 4.26. The summed E-state index contributed by atoms with van der Waals surface area (Å²) in [6.45, 7) is 0.963. The summed E-state index contributed by atoms with van der Waals surface area (Å²) >= 11 is 0. The van der Waals surface area contributed by atoms with Gasteiger partial charge >= 0.3 is 0 Å². The highest BCUT2D eigenvalue weighted by Crippen LogP contribution is 2.36. The number of rotatable bonds is 3. The Hall–Kier alpha value is -2.00. The lowest BCUT2D eigenvalue weighted by Crippen LogP contribution is -2.03. The Morgan fingerprint density at radius 3 is 2.72 bits per heavy atom. The van der Waals surface area contributed by atoms with Gasteiger partial charge < -0.3 is 15.2 Å². The molecule has 0 spiro atoms. The Balaban J connectivity index is 2.04. The monoisotopic (exact) mass is 241 g/mol. The summed E-state index contributed by atoms with van der Waals surface area (Å²) in [5.41, 5.74) is 9.27. The quantitative estimate of drug-likeness (QED) is 0.898. The third-order valence-electron chi connectivity index (χ3n) is 3.11. The first-order chi connectivity index (χ1) is 8.88. The lowest BCUT2D eigenvalue weighted by molar-refractivity contribution is 0.174. The summed E-state index contributed by atoms with van der Waals surface area (Å²) in [5, 5.41) is 0. The maximum atomic E-state index is 5.65. The number of hydrogen-bond acceptors (Lipinski definition) is 3.